The van der Waals surface area contributed by atoms with Gasteiger partial charge >= 0.3 is 5.69 Å². The van der Waals surface area contributed by atoms with Crippen molar-refractivity contribution in [1.29, 1.82) is 0 Å². The lowest BCUT2D eigenvalue weighted by molar-refractivity contribution is -0.135. The van der Waals surface area contributed by atoms with Crippen molar-refractivity contribution in [1.82, 2.24) is 24.1 Å². The second-order valence-electron chi connectivity index (χ2n) is 14.4. The molecule has 3 aliphatic rings. The zero-order valence-corrected chi connectivity index (χ0v) is 31.2. The van der Waals surface area contributed by atoms with Crippen molar-refractivity contribution in [3.63, 3.8) is 0 Å². The zero-order chi connectivity index (χ0) is 39.3. The van der Waals surface area contributed by atoms with Gasteiger partial charge in [0.25, 0.3) is 5.91 Å². The van der Waals surface area contributed by atoms with E-state index in [4.69, 9.17) is 4.74 Å². The minimum Gasteiger partial charge on any atom is -0.487 e. The molecule has 3 fully saturated rings. The zero-order valence-electron chi connectivity index (χ0n) is 30.4. The van der Waals surface area contributed by atoms with Gasteiger partial charge in [0.1, 0.15) is 30.6 Å². The van der Waals surface area contributed by atoms with Crippen molar-refractivity contribution in [2.45, 2.75) is 44.2 Å². The summed E-state index contributed by atoms with van der Waals surface area (Å²) in [4.78, 5) is 64.9. The Bertz CT molecular complexity index is 2460. The molecule has 0 spiro atoms. The first-order valence-corrected chi connectivity index (χ1v) is 19.7. The number of imide groups is 1. The van der Waals surface area contributed by atoms with Gasteiger partial charge in [0.05, 0.1) is 17.6 Å². The van der Waals surface area contributed by atoms with Crippen LogP contribution in [0.5, 0.6) is 5.75 Å². The number of imidazole rings is 1. The number of carbonyl (C=O) groups is 4. The Hall–Kier alpha value is -5.75. The van der Waals surface area contributed by atoms with Gasteiger partial charge in [0.2, 0.25) is 17.7 Å². The lowest BCUT2D eigenvalue weighted by atomic mass is 9.89. The highest BCUT2D eigenvalue weighted by atomic mass is 32.3. The lowest BCUT2D eigenvalue weighted by Gasteiger charge is -2.37. The molecule has 5 N–H and O–H groups in total. The van der Waals surface area contributed by atoms with Gasteiger partial charge in [-0.2, -0.15) is 0 Å². The Kier molecular flexibility index (Phi) is 9.78. The number of piperidine rings is 2. The Labute approximate surface area is 321 Å². The second-order valence-corrected chi connectivity index (χ2v) is 16.0. The van der Waals surface area contributed by atoms with Crippen molar-refractivity contribution < 1.29 is 37.4 Å². The van der Waals surface area contributed by atoms with E-state index < -0.39 is 41.2 Å². The summed E-state index contributed by atoms with van der Waals surface area (Å²) in [5.74, 6) is -2.35. The van der Waals surface area contributed by atoms with E-state index in [2.05, 4.69) is 20.3 Å². The van der Waals surface area contributed by atoms with E-state index in [0.717, 1.165) is 28.3 Å². The van der Waals surface area contributed by atoms with E-state index >= 15 is 4.39 Å². The standard InChI is InChI=1S/C39H40FN7O8S/c1-44-31-18-25(7-10-29(31)47(39(44)52)30-11-12-33(48)42-38(30)51)24-13-15-45(16-14-24)20-34(49)41-27-8-9-28-26(17-27)19-32(55-22-23-5-3-2-4-6-23)37(36(28)40)46-21-35(50)43-56(46,53)54/h2-10,17-19,24,30,53-54H,11-16,20-22H2,1H3,(H,41,49)(H,43,50)(H,42,48,51). The molecule has 1 atom stereocenters. The van der Waals surface area contributed by atoms with Crippen LogP contribution in [0.25, 0.3) is 21.8 Å². The normalized spacial score (nSPS) is 19.6. The summed E-state index contributed by atoms with van der Waals surface area (Å²) in [5, 5.41) is 5.77. The van der Waals surface area contributed by atoms with Gasteiger partial charge in [-0.25, -0.2) is 18.2 Å². The smallest absolute Gasteiger partial charge is 0.329 e. The molecule has 292 valence electrons. The van der Waals surface area contributed by atoms with Crippen molar-refractivity contribution in [3.8, 4) is 5.75 Å². The molecule has 4 aromatic carbocycles. The number of ether oxygens (including phenoxy) is 1. The number of hydrogen-bond acceptors (Lipinski definition) is 10. The summed E-state index contributed by atoms with van der Waals surface area (Å²) < 4.78 is 49.4. The molecule has 0 radical (unpaired) electrons. The highest BCUT2D eigenvalue weighted by molar-refractivity contribution is 8.24. The third-order valence-electron chi connectivity index (χ3n) is 10.7. The Morgan fingerprint density at radius 3 is 2.43 bits per heavy atom. The van der Waals surface area contributed by atoms with E-state index in [1.54, 1.807) is 25.2 Å². The number of nitrogens with one attached hydrogen (secondary N) is 3. The Morgan fingerprint density at radius 1 is 0.946 bits per heavy atom. The number of halogens is 1. The number of aryl methyl sites for hydroxylation is 1. The molecule has 8 rings (SSSR count). The van der Waals surface area contributed by atoms with Crippen molar-refractivity contribution in [3.05, 3.63) is 100 Å². The van der Waals surface area contributed by atoms with Gasteiger partial charge in [0, 0.05) is 24.5 Å². The first-order valence-electron chi connectivity index (χ1n) is 18.2. The molecule has 56 heavy (non-hydrogen) atoms. The number of hydrogen-bond donors (Lipinski definition) is 5. The summed E-state index contributed by atoms with van der Waals surface area (Å²) in [5.41, 5.74) is 3.06. The minimum atomic E-state index is -3.84. The second kappa shape index (κ2) is 14.7. The van der Waals surface area contributed by atoms with Gasteiger partial charge in [-0.05, 0) is 102 Å². The number of likely N-dealkylation sites (tertiary alicyclic amines) is 1. The first kappa shape index (κ1) is 37.2. The Balaban J connectivity index is 0.943. The van der Waals surface area contributed by atoms with Crippen LogP contribution >= 0.6 is 11.0 Å². The van der Waals surface area contributed by atoms with Crippen LogP contribution in [0, 0.1) is 5.82 Å². The van der Waals surface area contributed by atoms with Crippen LogP contribution in [0.15, 0.2) is 77.6 Å². The number of aromatic nitrogens is 2. The molecule has 3 saturated heterocycles. The topological polar surface area (TPSA) is 187 Å². The SMILES string of the molecule is Cn1c(=O)n(C2CCC(=O)NC2=O)c2ccc(C3CCN(CC(=O)Nc4ccc5c(F)c(N6CC(=O)NS6(O)O)c(OCc6ccccc6)cc5c4)CC3)cc21. The molecule has 5 aromatic rings. The third kappa shape index (κ3) is 7.09. The van der Waals surface area contributed by atoms with E-state index in [1.807, 2.05) is 48.5 Å². The largest absolute Gasteiger partial charge is 0.487 e. The average molecular weight is 786 g/mol. The molecule has 0 aliphatic carbocycles. The van der Waals surface area contributed by atoms with Crippen LogP contribution in [0.1, 0.15) is 48.8 Å². The predicted molar refractivity (Wildman–Crippen MR) is 209 cm³/mol. The van der Waals surface area contributed by atoms with Gasteiger partial charge in [0.15, 0.2) is 5.82 Å². The van der Waals surface area contributed by atoms with E-state index in [9.17, 15) is 33.1 Å². The van der Waals surface area contributed by atoms with E-state index in [0.29, 0.717) is 35.2 Å². The molecule has 15 nitrogen and oxygen atoms in total. The maximum atomic E-state index is 16.2. The van der Waals surface area contributed by atoms with Crippen LogP contribution in [0.3, 0.4) is 0 Å². The maximum Gasteiger partial charge on any atom is 0.329 e. The summed E-state index contributed by atoms with van der Waals surface area (Å²) in [7, 11) is -2.17. The number of rotatable bonds is 9. The van der Waals surface area contributed by atoms with Gasteiger partial charge in [-0.15, -0.1) is 0 Å². The first-order chi connectivity index (χ1) is 26.9. The molecule has 3 aliphatic heterocycles. The highest BCUT2D eigenvalue weighted by Crippen LogP contribution is 2.51. The highest BCUT2D eigenvalue weighted by Gasteiger charge is 2.39. The molecule has 4 heterocycles. The number of benzene rings is 4. The van der Waals surface area contributed by atoms with Crippen LogP contribution in [-0.4, -0.2) is 72.9 Å². The van der Waals surface area contributed by atoms with Gasteiger partial charge in [-0.3, -0.25) is 47.6 Å². The third-order valence-corrected chi connectivity index (χ3v) is 12.1. The monoisotopic (exact) mass is 785 g/mol. The quantitative estimate of drug-likeness (QED) is 0.133. The van der Waals surface area contributed by atoms with E-state index in [1.165, 1.54) is 15.2 Å². The molecule has 0 saturated carbocycles. The fraction of sp³-hybridized carbons (Fsp3) is 0.308. The van der Waals surface area contributed by atoms with Crippen molar-refractivity contribution >= 4 is 67.8 Å². The minimum absolute atomic E-state index is 0.00469. The fourth-order valence-corrected chi connectivity index (χ4v) is 9.04. The number of amides is 4. The maximum absolute atomic E-state index is 16.2. The summed E-state index contributed by atoms with van der Waals surface area (Å²) in [6.07, 6.45) is 2.01. The van der Waals surface area contributed by atoms with Crippen molar-refractivity contribution in [2.24, 2.45) is 7.05 Å². The number of carbonyl (C=O) groups excluding carboxylic acids is 4. The van der Waals surface area contributed by atoms with Gasteiger partial charge in [-0.1, -0.05) is 36.4 Å². The molecule has 1 aromatic heterocycles. The lowest BCUT2D eigenvalue weighted by Crippen LogP contribution is -2.44. The van der Waals surface area contributed by atoms with Crippen LogP contribution in [0.2, 0.25) is 0 Å². The van der Waals surface area contributed by atoms with Crippen LogP contribution in [-0.2, 0) is 32.8 Å². The number of nitrogens with zero attached hydrogens (tertiary/aromatic N) is 4. The van der Waals surface area contributed by atoms with Gasteiger partial charge < -0.3 is 10.1 Å². The van der Waals surface area contributed by atoms with Crippen LogP contribution < -0.4 is 30.1 Å². The Morgan fingerprint density at radius 2 is 1.71 bits per heavy atom. The van der Waals surface area contributed by atoms with Crippen molar-refractivity contribution in [2.75, 3.05) is 35.8 Å². The molecule has 4 amide bonds. The molecule has 17 heteroatoms. The molecule has 0 bridgehead atoms. The molecule has 1 unspecified atom stereocenters. The van der Waals surface area contributed by atoms with E-state index in [-0.39, 0.29) is 66.2 Å². The summed E-state index contributed by atoms with van der Waals surface area (Å²) >= 11 is 0. The number of anilines is 2. The van der Waals surface area contributed by atoms with Crippen LogP contribution in [0.4, 0.5) is 15.8 Å². The molecular weight excluding hydrogens is 746 g/mol. The fourth-order valence-electron chi connectivity index (χ4n) is 7.84. The summed E-state index contributed by atoms with van der Waals surface area (Å²) in [6, 6.07) is 20.5. The number of fused-ring (bicyclic) bond motifs is 2. The summed E-state index contributed by atoms with van der Waals surface area (Å²) in [6.45, 7) is 1.03. The average Bonchev–Trinajstić information content (AvgIpc) is 3.59. The predicted octanol–water partition coefficient (Wildman–Crippen LogP) is 4.52. The molecular formula is C39H40FN7O8S.